The lowest BCUT2D eigenvalue weighted by molar-refractivity contribution is 0.596. The smallest absolute Gasteiger partial charge is 0.136 e. The van der Waals surface area contributed by atoms with Crippen LogP contribution in [0.15, 0.2) is 59.0 Å². The zero-order valence-corrected chi connectivity index (χ0v) is 15.1. The molecule has 0 fully saturated rings. The molecule has 0 saturated carbocycles. The van der Waals surface area contributed by atoms with Crippen molar-refractivity contribution in [1.29, 1.82) is 0 Å². The van der Waals surface area contributed by atoms with Crippen LogP contribution in [0, 0.1) is 0 Å². The van der Waals surface area contributed by atoms with Gasteiger partial charge in [0.25, 0.3) is 0 Å². The van der Waals surface area contributed by atoms with Crippen LogP contribution in [0.2, 0.25) is 0 Å². The summed E-state index contributed by atoms with van der Waals surface area (Å²) in [6, 6.07) is 19.3. The van der Waals surface area contributed by atoms with E-state index in [-0.39, 0.29) is 5.41 Å². The molecular formula is C23H21NO. The summed E-state index contributed by atoms with van der Waals surface area (Å²) in [5.41, 5.74) is 5.91. The summed E-state index contributed by atoms with van der Waals surface area (Å²) >= 11 is 0. The molecule has 5 aromatic rings. The quantitative estimate of drug-likeness (QED) is 0.316. The molecule has 124 valence electrons. The van der Waals surface area contributed by atoms with E-state index >= 15 is 0 Å². The molecule has 0 unspecified atom stereocenters. The number of para-hydroxylation sites is 1. The normalized spacial score (nSPS) is 12.8. The summed E-state index contributed by atoms with van der Waals surface area (Å²) in [4.78, 5) is 0. The third-order valence-electron chi connectivity index (χ3n) is 5.34. The van der Waals surface area contributed by atoms with Gasteiger partial charge in [-0.1, -0.05) is 51.1 Å². The van der Waals surface area contributed by atoms with Gasteiger partial charge in [-0.15, -0.1) is 0 Å². The van der Waals surface area contributed by atoms with E-state index in [1.807, 2.05) is 6.07 Å². The molecular weight excluding hydrogens is 306 g/mol. The highest BCUT2D eigenvalue weighted by Gasteiger charge is 2.23. The third kappa shape index (κ3) is 1.85. The molecule has 0 spiro atoms. The molecule has 5 rings (SSSR count). The molecule has 3 aromatic carbocycles. The van der Waals surface area contributed by atoms with Crippen LogP contribution in [0.5, 0.6) is 0 Å². The van der Waals surface area contributed by atoms with Crippen molar-refractivity contribution >= 4 is 43.7 Å². The average Bonchev–Trinajstić information content (AvgIpc) is 3.10. The average molecular weight is 327 g/mol. The van der Waals surface area contributed by atoms with Crippen molar-refractivity contribution in [2.24, 2.45) is 7.05 Å². The predicted molar refractivity (Wildman–Crippen MR) is 106 cm³/mol. The van der Waals surface area contributed by atoms with E-state index in [2.05, 4.69) is 80.9 Å². The van der Waals surface area contributed by atoms with Crippen LogP contribution >= 0.6 is 0 Å². The van der Waals surface area contributed by atoms with Gasteiger partial charge >= 0.3 is 0 Å². The van der Waals surface area contributed by atoms with E-state index in [4.69, 9.17) is 4.42 Å². The third-order valence-corrected chi connectivity index (χ3v) is 5.34. The fraction of sp³-hybridized carbons (Fsp3) is 0.217. The highest BCUT2D eigenvalue weighted by molar-refractivity contribution is 6.27. The molecule has 0 bridgehead atoms. The Morgan fingerprint density at radius 1 is 0.720 bits per heavy atom. The fourth-order valence-electron chi connectivity index (χ4n) is 4.18. The van der Waals surface area contributed by atoms with Crippen molar-refractivity contribution in [2.75, 3.05) is 0 Å². The predicted octanol–water partition coefficient (Wildman–Crippen LogP) is 6.53. The standard InChI is InChI=1S/C23H21NO/c1-23(2,3)15-9-7-10-16-21(15)22-17(24(16)4)12-13-19-20(22)14-8-5-6-11-18(14)25-19/h5-13H,1-4H3. The van der Waals surface area contributed by atoms with Gasteiger partial charge in [0.2, 0.25) is 0 Å². The van der Waals surface area contributed by atoms with E-state index in [1.54, 1.807) is 0 Å². The van der Waals surface area contributed by atoms with Crippen molar-refractivity contribution < 1.29 is 4.42 Å². The number of hydrogen-bond donors (Lipinski definition) is 0. The number of nitrogens with zero attached hydrogens (tertiary/aromatic N) is 1. The van der Waals surface area contributed by atoms with Gasteiger partial charge in [-0.25, -0.2) is 0 Å². The van der Waals surface area contributed by atoms with Crippen molar-refractivity contribution in [3.63, 3.8) is 0 Å². The summed E-state index contributed by atoms with van der Waals surface area (Å²) in [5, 5.41) is 5.09. The molecule has 0 saturated heterocycles. The van der Waals surface area contributed by atoms with Crippen LogP contribution in [-0.4, -0.2) is 4.57 Å². The second-order valence-electron chi connectivity index (χ2n) is 7.94. The first-order valence-electron chi connectivity index (χ1n) is 8.78. The van der Waals surface area contributed by atoms with Gasteiger partial charge in [0.15, 0.2) is 0 Å². The topological polar surface area (TPSA) is 18.1 Å². The molecule has 0 radical (unpaired) electrons. The first-order valence-corrected chi connectivity index (χ1v) is 8.78. The van der Waals surface area contributed by atoms with Gasteiger partial charge in [-0.2, -0.15) is 0 Å². The van der Waals surface area contributed by atoms with Crippen LogP contribution in [0.25, 0.3) is 43.7 Å². The number of aromatic nitrogens is 1. The Bertz CT molecular complexity index is 1280. The van der Waals surface area contributed by atoms with Gasteiger partial charge in [-0.3, -0.25) is 0 Å². The lowest BCUT2D eigenvalue weighted by Gasteiger charge is -2.20. The van der Waals surface area contributed by atoms with Gasteiger partial charge in [0.05, 0.1) is 0 Å². The minimum atomic E-state index is 0.0789. The summed E-state index contributed by atoms with van der Waals surface area (Å²) in [5.74, 6) is 0. The van der Waals surface area contributed by atoms with Crippen molar-refractivity contribution in [3.8, 4) is 0 Å². The van der Waals surface area contributed by atoms with Gasteiger partial charge < -0.3 is 8.98 Å². The molecule has 0 atom stereocenters. The largest absolute Gasteiger partial charge is 0.456 e. The Hall–Kier alpha value is -2.74. The van der Waals surface area contributed by atoms with E-state index in [9.17, 15) is 0 Å². The summed E-state index contributed by atoms with van der Waals surface area (Å²) < 4.78 is 8.44. The molecule has 2 heterocycles. The van der Waals surface area contributed by atoms with Crippen LogP contribution < -0.4 is 0 Å². The number of aryl methyl sites for hydroxylation is 1. The Morgan fingerprint density at radius 2 is 1.48 bits per heavy atom. The molecule has 25 heavy (non-hydrogen) atoms. The monoisotopic (exact) mass is 327 g/mol. The number of rotatable bonds is 0. The van der Waals surface area contributed by atoms with Crippen molar-refractivity contribution in [2.45, 2.75) is 26.2 Å². The SMILES string of the molecule is Cn1c2cccc(C(C)(C)C)c2c2c3c(ccc21)oc1ccccc13. The highest BCUT2D eigenvalue weighted by atomic mass is 16.3. The van der Waals surface area contributed by atoms with Crippen LogP contribution in [0.1, 0.15) is 26.3 Å². The Balaban J connectivity index is 2.16. The molecule has 0 amide bonds. The van der Waals surface area contributed by atoms with E-state index in [0.717, 1.165) is 11.2 Å². The fourth-order valence-corrected chi connectivity index (χ4v) is 4.18. The van der Waals surface area contributed by atoms with E-state index in [1.165, 1.54) is 38.1 Å². The molecule has 2 nitrogen and oxygen atoms in total. The minimum absolute atomic E-state index is 0.0789. The summed E-state index contributed by atoms with van der Waals surface area (Å²) in [6.45, 7) is 6.86. The van der Waals surface area contributed by atoms with Crippen LogP contribution in [0.4, 0.5) is 0 Å². The molecule has 0 aliphatic heterocycles. The maximum absolute atomic E-state index is 6.13. The Labute approximate surface area is 146 Å². The number of fused-ring (bicyclic) bond motifs is 7. The summed E-state index contributed by atoms with van der Waals surface area (Å²) in [7, 11) is 2.16. The maximum atomic E-state index is 6.13. The second-order valence-corrected chi connectivity index (χ2v) is 7.94. The lowest BCUT2D eigenvalue weighted by Crippen LogP contribution is -2.11. The lowest BCUT2D eigenvalue weighted by atomic mass is 9.84. The minimum Gasteiger partial charge on any atom is -0.456 e. The Morgan fingerprint density at radius 3 is 2.28 bits per heavy atom. The van der Waals surface area contributed by atoms with Gasteiger partial charge in [0.1, 0.15) is 11.2 Å². The molecule has 2 aromatic heterocycles. The number of benzene rings is 3. The summed E-state index contributed by atoms with van der Waals surface area (Å²) in [6.07, 6.45) is 0. The molecule has 2 heteroatoms. The molecule has 0 aliphatic carbocycles. The molecule has 0 aliphatic rings. The number of hydrogen-bond acceptors (Lipinski definition) is 1. The van der Waals surface area contributed by atoms with Crippen LogP contribution in [0.3, 0.4) is 0 Å². The maximum Gasteiger partial charge on any atom is 0.136 e. The number of furan rings is 1. The zero-order valence-electron chi connectivity index (χ0n) is 15.1. The van der Waals surface area contributed by atoms with Crippen molar-refractivity contribution in [3.05, 3.63) is 60.2 Å². The van der Waals surface area contributed by atoms with Gasteiger partial charge in [0, 0.05) is 39.6 Å². The van der Waals surface area contributed by atoms with E-state index < -0.39 is 0 Å². The van der Waals surface area contributed by atoms with Gasteiger partial charge in [-0.05, 0) is 35.2 Å². The zero-order chi connectivity index (χ0) is 17.3. The Kier molecular flexibility index (Phi) is 2.72. The first kappa shape index (κ1) is 14.6. The molecule has 0 N–H and O–H groups in total. The highest BCUT2D eigenvalue weighted by Crippen LogP contribution is 2.42. The second kappa shape index (κ2) is 4.66. The van der Waals surface area contributed by atoms with Crippen LogP contribution in [-0.2, 0) is 12.5 Å². The van der Waals surface area contributed by atoms with E-state index in [0.29, 0.717) is 0 Å². The first-order chi connectivity index (χ1) is 12.0. The van der Waals surface area contributed by atoms with Crippen molar-refractivity contribution in [1.82, 2.24) is 4.57 Å².